The van der Waals surface area contributed by atoms with Crippen molar-refractivity contribution in [2.24, 2.45) is 0 Å². The third-order valence-electron chi connectivity index (χ3n) is 3.99. The highest BCUT2D eigenvalue weighted by Gasteiger charge is 2.29. The molecule has 0 saturated heterocycles. The number of hydrogen-bond donors (Lipinski definition) is 2. The van der Waals surface area contributed by atoms with Gasteiger partial charge in [-0.15, -0.1) is 0 Å². The van der Waals surface area contributed by atoms with Gasteiger partial charge >= 0.3 is 0 Å². The summed E-state index contributed by atoms with van der Waals surface area (Å²) in [5.74, 6) is -0.0866. The molecule has 2 rings (SSSR count). The fourth-order valence-corrected chi connectivity index (χ4v) is 2.80. The van der Waals surface area contributed by atoms with Crippen molar-refractivity contribution in [1.29, 1.82) is 0 Å². The zero-order chi connectivity index (χ0) is 13.9. The third-order valence-corrected chi connectivity index (χ3v) is 3.99. The summed E-state index contributed by atoms with van der Waals surface area (Å²) in [7, 11) is 0. The highest BCUT2D eigenvalue weighted by atomic mass is 16.3. The van der Waals surface area contributed by atoms with E-state index in [0.717, 1.165) is 36.8 Å². The maximum atomic E-state index is 12.1. The van der Waals surface area contributed by atoms with Crippen molar-refractivity contribution < 1.29 is 9.90 Å². The summed E-state index contributed by atoms with van der Waals surface area (Å²) >= 11 is 0. The Morgan fingerprint density at radius 2 is 1.95 bits per heavy atom. The van der Waals surface area contributed by atoms with Crippen LogP contribution in [0.1, 0.15) is 53.6 Å². The molecule has 1 aliphatic rings. The maximum absolute atomic E-state index is 12.1. The second-order valence-corrected chi connectivity index (χ2v) is 5.79. The molecule has 104 valence electrons. The predicted molar refractivity (Wildman–Crippen MR) is 76.3 cm³/mol. The molecule has 3 nitrogen and oxygen atoms in total. The van der Waals surface area contributed by atoms with Gasteiger partial charge < -0.3 is 10.4 Å². The van der Waals surface area contributed by atoms with Crippen molar-refractivity contribution in [3.05, 3.63) is 34.9 Å². The molecule has 0 radical (unpaired) electrons. The summed E-state index contributed by atoms with van der Waals surface area (Å²) in [5, 5.41) is 13.2. The van der Waals surface area contributed by atoms with Crippen LogP contribution in [0.3, 0.4) is 0 Å². The molecule has 0 heterocycles. The summed E-state index contributed by atoms with van der Waals surface area (Å²) in [6, 6.07) is 5.80. The van der Waals surface area contributed by atoms with Crippen LogP contribution in [0.4, 0.5) is 0 Å². The molecule has 1 aliphatic carbocycles. The van der Waals surface area contributed by atoms with Crippen LogP contribution in [0.25, 0.3) is 0 Å². The zero-order valence-electron chi connectivity index (χ0n) is 11.8. The molecule has 0 aromatic heterocycles. The molecular formula is C16H23NO2. The normalized spacial score (nSPS) is 18.1. The Kier molecular flexibility index (Phi) is 4.25. The number of rotatable bonds is 3. The second-order valence-electron chi connectivity index (χ2n) is 5.79. The first kappa shape index (κ1) is 14.1. The molecule has 1 fully saturated rings. The van der Waals surface area contributed by atoms with E-state index in [9.17, 15) is 9.90 Å². The van der Waals surface area contributed by atoms with E-state index < -0.39 is 5.60 Å². The number of amides is 1. The molecule has 2 N–H and O–H groups in total. The molecule has 0 bridgehead atoms. The van der Waals surface area contributed by atoms with Gasteiger partial charge in [0.2, 0.25) is 0 Å². The Hall–Kier alpha value is -1.35. The minimum Gasteiger partial charge on any atom is -0.388 e. The van der Waals surface area contributed by atoms with Crippen LogP contribution in [0, 0.1) is 13.8 Å². The Bertz CT molecular complexity index is 462. The summed E-state index contributed by atoms with van der Waals surface area (Å²) in [6.45, 7) is 4.32. The van der Waals surface area contributed by atoms with Gasteiger partial charge in [-0.3, -0.25) is 4.79 Å². The Balaban J connectivity index is 1.97. The van der Waals surface area contributed by atoms with Crippen molar-refractivity contribution in [2.45, 2.75) is 51.6 Å². The van der Waals surface area contributed by atoms with Crippen molar-refractivity contribution in [1.82, 2.24) is 5.32 Å². The van der Waals surface area contributed by atoms with E-state index in [4.69, 9.17) is 0 Å². The minimum atomic E-state index is -0.702. The molecule has 1 amide bonds. The zero-order valence-corrected chi connectivity index (χ0v) is 11.8. The minimum absolute atomic E-state index is 0.0866. The van der Waals surface area contributed by atoms with Crippen LogP contribution in [-0.2, 0) is 0 Å². The molecule has 1 aromatic carbocycles. The van der Waals surface area contributed by atoms with E-state index in [2.05, 4.69) is 5.32 Å². The molecule has 0 aliphatic heterocycles. The first-order valence-electron chi connectivity index (χ1n) is 7.08. The van der Waals surface area contributed by atoms with Gasteiger partial charge in [-0.25, -0.2) is 0 Å². The fourth-order valence-electron chi connectivity index (χ4n) is 2.80. The van der Waals surface area contributed by atoms with Crippen molar-refractivity contribution in [3.63, 3.8) is 0 Å². The van der Waals surface area contributed by atoms with Gasteiger partial charge in [0.25, 0.3) is 5.91 Å². The summed E-state index contributed by atoms with van der Waals surface area (Å²) in [6.07, 6.45) is 4.87. The quantitative estimate of drug-likeness (QED) is 0.879. The number of carbonyl (C=O) groups is 1. The molecule has 0 atom stereocenters. The molecule has 19 heavy (non-hydrogen) atoms. The summed E-state index contributed by atoms with van der Waals surface area (Å²) in [4.78, 5) is 12.1. The molecular weight excluding hydrogens is 238 g/mol. The largest absolute Gasteiger partial charge is 0.388 e. The summed E-state index contributed by atoms with van der Waals surface area (Å²) in [5.41, 5.74) is 2.13. The van der Waals surface area contributed by atoms with Gasteiger partial charge in [-0.05, 0) is 38.3 Å². The number of benzene rings is 1. The number of hydrogen-bond acceptors (Lipinski definition) is 2. The predicted octanol–water partition coefficient (Wildman–Crippen LogP) is 2.73. The van der Waals surface area contributed by atoms with Crippen LogP contribution in [0.15, 0.2) is 18.2 Å². The van der Waals surface area contributed by atoms with Crippen LogP contribution in [0.2, 0.25) is 0 Å². The van der Waals surface area contributed by atoms with Crippen LogP contribution >= 0.6 is 0 Å². The SMILES string of the molecule is Cc1ccc(C(=O)NCC2(O)CCCCC2)c(C)c1. The lowest BCUT2D eigenvalue weighted by Gasteiger charge is -2.32. The van der Waals surface area contributed by atoms with E-state index >= 15 is 0 Å². The maximum Gasteiger partial charge on any atom is 0.251 e. The lowest BCUT2D eigenvalue weighted by Crippen LogP contribution is -2.44. The molecule has 0 unspecified atom stereocenters. The van der Waals surface area contributed by atoms with Gasteiger partial charge in [-0.1, -0.05) is 37.0 Å². The van der Waals surface area contributed by atoms with Crippen LogP contribution in [-0.4, -0.2) is 23.2 Å². The van der Waals surface area contributed by atoms with Gasteiger partial charge in [0, 0.05) is 12.1 Å². The Labute approximate surface area is 115 Å². The second kappa shape index (κ2) is 5.74. The molecule has 0 spiro atoms. The van der Waals surface area contributed by atoms with Crippen molar-refractivity contribution >= 4 is 5.91 Å². The molecule has 1 saturated carbocycles. The van der Waals surface area contributed by atoms with Crippen LogP contribution in [0.5, 0.6) is 0 Å². The third kappa shape index (κ3) is 3.57. The standard InChI is InChI=1S/C16H23NO2/c1-12-6-7-14(13(2)10-12)15(18)17-11-16(19)8-4-3-5-9-16/h6-7,10,19H,3-5,8-9,11H2,1-2H3,(H,17,18). The van der Waals surface area contributed by atoms with Gasteiger partial charge in [0.05, 0.1) is 5.60 Å². The average molecular weight is 261 g/mol. The van der Waals surface area contributed by atoms with Crippen LogP contribution < -0.4 is 5.32 Å². The molecule has 1 aromatic rings. The van der Waals surface area contributed by atoms with Gasteiger partial charge in [-0.2, -0.15) is 0 Å². The monoisotopic (exact) mass is 261 g/mol. The first-order valence-corrected chi connectivity index (χ1v) is 7.08. The lowest BCUT2D eigenvalue weighted by atomic mass is 9.85. The van der Waals surface area contributed by atoms with Gasteiger partial charge in [0.1, 0.15) is 0 Å². The van der Waals surface area contributed by atoms with E-state index in [-0.39, 0.29) is 5.91 Å². The number of carbonyl (C=O) groups excluding carboxylic acids is 1. The molecule has 3 heteroatoms. The summed E-state index contributed by atoms with van der Waals surface area (Å²) < 4.78 is 0. The topological polar surface area (TPSA) is 49.3 Å². The highest BCUT2D eigenvalue weighted by Crippen LogP contribution is 2.27. The van der Waals surface area contributed by atoms with E-state index in [0.29, 0.717) is 12.1 Å². The number of aryl methyl sites for hydroxylation is 2. The van der Waals surface area contributed by atoms with E-state index in [1.165, 1.54) is 6.42 Å². The highest BCUT2D eigenvalue weighted by molar-refractivity contribution is 5.95. The Morgan fingerprint density at radius 3 is 2.58 bits per heavy atom. The first-order chi connectivity index (χ1) is 9.00. The van der Waals surface area contributed by atoms with E-state index in [1.807, 2.05) is 32.0 Å². The average Bonchev–Trinajstić information content (AvgIpc) is 2.37. The smallest absolute Gasteiger partial charge is 0.251 e. The fraction of sp³-hybridized carbons (Fsp3) is 0.562. The number of aliphatic hydroxyl groups is 1. The van der Waals surface area contributed by atoms with Crippen molar-refractivity contribution in [3.8, 4) is 0 Å². The van der Waals surface area contributed by atoms with Gasteiger partial charge in [0.15, 0.2) is 0 Å². The lowest BCUT2D eigenvalue weighted by molar-refractivity contribution is 0.00525. The van der Waals surface area contributed by atoms with Crippen molar-refractivity contribution in [2.75, 3.05) is 6.54 Å². The Morgan fingerprint density at radius 1 is 1.26 bits per heavy atom. The van der Waals surface area contributed by atoms with E-state index in [1.54, 1.807) is 0 Å². The number of nitrogens with one attached hydrogen (secondary N) is 1.